The molecule has 2 amide bonds. The van der Waals surface area contributed by atoms with Crippen LogP contribution in [-0.4, -0.2) is 25.5 Å². The largest absolute Gasteiger partial charge is 0.493 e. The number of nitrogens with one attached hydrogen (secondary N) is 2. The summed E-state index contributed by atoms with van der Waals surface area (Å²) in [5.41, 5.74) is 9.40. The third kappa shape index (κ3) is 7.11. The Kier molecular flexibility index (Phi) is 8.10. The van der Waals surface area contributed by atoms with Crippen molar-refractivity contribution in [2.75, 3.05) is 30.1 Å². The summed E-state index contributed by atoms with van der Waals surface area (Å²) in [6, 6.07) is 17.8. The van der Waals surface area contributed by atoms with E-state index < -0.39 is 0 Å². The lowest BCUT2D eigenvalue weighted by molar-refractivity contribution is -0.118. The fourth-order valence-corrected chi connectivity index (χ4v) is 3.19. The second-order valence-corrected chi connectivity index (χ2v) is 8.08. The highest BCUT2D eigenvalue weighted by Gasteiger charge is 2.09. The summed E-state index contributed by atoms with van der Waals surface area (Å²) in [5.74, 6) is 0.249. The molecule has 0 fully saturated rings. The number of halogens is 1. The minimum absolute atomic E-state index is 0.179. The Balaban J connectivity index is 1.58. The first kappa shape index (κ1) is 23.9. The van der Waals surface area contributed by atoms with Crippen molar-refractivity contribution >= 4 is 50.9 Å². The summed E-state index contributed by atoms with van der Waals surface area (Å²) in [4.78, 5) is 24.4. The average Bonchev–Trinajstić information content (AvgIpc) is 2.80. The molecular weight excluding hydrogens is 486 g/mol. The van der Waals surface area contributed by atoms with Crippen molar-refractivity contribution in [1.82, 2.24) is 0 Å². The Morgan fingerprint density at radius 1 is 1.00 bits per heavy atom. The monoisotopic (exact) mass is 509 g/mol. The number of hydrogen-bond donors (Lipinski definition) is 3. The van der Waals surface area contributed by atoms with Gasteiger partial charge in [-0.25, -0.2) is 0 Å². The molecule has 0 spiro atoms. The number of carbonyl (C=O) groups is 2. The van der Waals surface area contributed by atoms with Crippen LogP contribution in [-0.2, 0) is 9.59 Å². The van der Waals surface area contributed by atoms with Gasteiger partial charge in [0.05, 0.1) is 18.5 Å². The first-order chi connectivity index (χ1) is 15.8. The zero-order valence-electron chi connectivity index (χ0n) is 18.2. The molecule has 0 unspecified atom stereocenters. The molecular formula is C25H24BrN3O4. The van der Waals surface area contributed by atoms with Gasteiger partial charge >= 0.3 is 0 Å². The molecule has 0 saturated heterocycles. The van der Waals surface area contributed by atoms with E-state index >= 15 is 0 Å². The smallest absolute Gasteiger partial charge is 0.262 e. The number of aryl methyl sites for hydroxylation is 1. The van der Waals surface area contributed by atoms with Crippen LogP contribution in [0.5, 0.6) is 11.5 Å². The highest BCUT2D eigenvalue weighted by molar-refractivity contribution is 9.10. The van der Waals surface area contributed by atoms with E-state index in [1.165, 1.54) is 13.2 Å². The standard InChI is InChI=1S/C25H24BrN3O4/c1-16-3-10-21(20(27)13-16)29-24(30)12-5-17-4-11-22(23(14-17)32-2)33-15-25(31)28-19-8-6-18(26)7-9-19/h3-14H,15,27H2,1-2H3,(H,28,31)(H,29,30)/b12-5+. The molecule has 33 heavy (non-hydrogen) atoms. The van der Waals surface area contributed by atoms with Crippen LogP contribution in [0.1, 0.15) is 11.1 Å². The molecule has 0 saturated carbocycles. The van der Waals surface area contributed by atoms with Crippen molar-refractivity contribution in [3.05, 3.63) is 82.3 Å². The first-order valence-corrected chi connectivity index (χ1v) is 10.8. The van der Waals surface area contributed by atoms with Gasteiger partial charge in [0.15, 0.2) is 18.1 Å². The van der Waals surface area contributed by atoms with Gasteiger partial charge in [-0.05, 0) is 72.7 Å². The van der Waals surface area contributed by atoms with E-state index in [-0.39, 0.29) is 18.4 Å². The maximum atomic E-state index is 12.2. The number of amides is 2. The van der Waals surface area contributed by atoms with E-state index in [4.69, 9.17) is 15.2 Å². The van der Waals surface area contributed by atoms with E-state index in [0.29, 0.717) is 28.6 Å². The molecule has 3 rings (SSSR count). The van der Waals surface area contributed by atoms with Crippen LogP contribution in [0.25, 0.3) is 6.08 Å². The highest BCUT2D eigenvalue weighted by Crippen LogP contribution is 2.28. The van der Waals surface area contributed by atoms with Gasteiger partial charge in [0.25, 0.3) is 5.91 Å². The van der Waals surface area contributed by atoms with E-state index in [0.717, 1.165) is 15.6 Å². The maximum absolute atomic E-state index is 12.2. The molecule has 0 aliphatic heterocycles. The molecule has 8 heteroatoms. The molecule has 7 nitrogen and oxygen atoms in total. The van der Waals surface area contributed by atoms with Gasteiger partial charge < -0.3 is 25.8 Å². The predicted molar refractivity (Wildman–Crippen MR) is 135 cm³/mol. The third-order valence-electron chi connectivity index (χ3n) is 4.57. The quantitative estimate of drug-likeness (QED) is 0.292. The van der Waals surface area contributed by atoms with E-state index in [1.807, 2.05) is 25.1 Å². The van der Waals surface area contributed by atoms with Crippen molar-refractivity contribution in [2.45, 2.75) is 6.92 Å². The van der Waals surface area contributed by atoms with Gasteiger partial charge in [-0.15, -0.1) is 0 Å². The van der Waals surface area contributed by atoms with E-state index in [9.17, 15) is 9.59 Å². The zero-order valence-corrected chi connectivity index (χ0v) is 19.8. The predicted octanol–water partition coefficient (Wildman–Crippen LogP) is 5.02. The lowest BCUT2D eigenvalue weighted by Crippen LogP contribution is -2.20. The number of anilines is 3. The number of nitrogen functional groups attached to an aromatic ring is 1. The first-order valence-electron chi connectivity index (χ1n) is 10.1. The molecule has 170 valence electrons. The molecule has 0 atom stereocenters. The van der Waals surface area contributed by atoms with E-state index in [2.05, 4.69) is 26.6 Å². The number of rotatable bonds is 8. The van der Waals surface area contributed by atoms with Crippen LogP contribution < -0.4 is 25.8 Å². The number of nitrogens with two attached hydrogens (primary N) is 1. The Morgan fingerprint density at radius 3 is 2.45 bits per heavy atom. The normalized spacial score (nSPS) is 10.6. The van der Waals surface area contributed by atoms with Crippen LogP contribution >= 0.6 is 15.9 Å². The third-order valence-corrected chi connectivity index (χ3v) is 5.10. The van der Waals surface area contributed by atoms with Crippen molar-refractivity contribution in [2.24, 2.45) is 0 Å². The Labute approximate surface area is 200 Å². The Hall–Kier alpha value is -3.78. The van der Waals surface area contributed by atoms with Gasteiger partial charge in [0.2, 0.25) is 5.91 Å². The number of ether oxygens (including phenoxy) is 2. The zero-order chi connectivity index (χ0) is 23.8. The van der Waals surface area contributed by atoms with Crippen molar-refractivity contribution < 1.29 is 19.1 Å². The molecule has 4 N–H and O–H groups in total. The van der Waals surface area contributed by atoms with E-state index in [1.54, 1.807) is 48.5 Å². The maximum Gasteiger partial charge on any atom is 0.262 e. The molecule has 3 aromatic rings. The minimum atomic E-state index is -0.311. The van der Waals surface area contributed by atoms with Crippen molar-refractivity contribution in [3.8, 4) is 11.5 Å². The molecule has 0 aromatic heterocycles. The lowest BCUT2D eigenvalue weighted by atomic mass is 10.1. The molecule has 0 radical (unpaired) electrons. The van der Waals surface area contributed by atoms with Crippen LogP contribution in [0.4, 0.5) is 17.1 Å². The van der Waals surface area contributed by atoms with Gasteiger partial charge in [-0.3, -0.25) is 9.59 Å². The fourth-order valence-electron chi connectivity index (χ4n) is 2.92. The summed E-state index contributed by atoms with van der Waals surface area (Å²) in [7, 11) is 1.50. The van der Waals surface area contributed by atoms with Crippen molar-refractivity contribution in [3.63, 3.8) is 0 Å². The highest BCUT2D eigenvalue weighted by atomic mass is 79.9. The van der Waals surface area contributed by atoms with Gasteiger partial charge in [-0.2, -0.15) is 0 Å². The number of methoxy groups -OCH3 is 1. The molecule has 0 aliphatic rings. The summed E-state index contributed by atoms with van der Waals surface area (Å²) in [5, 5.41) is 5.51. The summed E-state index contributed by atoms with van der Waals surface area (Å²) < 4.78 is 11.9. The van der Waals surface area contributed by atoms with Gasteiger partial charge in [-0.1, -0.05) is 28.1 Å². The number of carbonyl (C=O) groups excluding carboxylic acids is 2. The summed E-state index contributed by atoms with van der Waals surface area (Å²) in [6.45, 7) is 1.75. The molecule has 3 aromatic carbocycles. The Morgan fingerprint density at radius 2 is 1.76 bits per heavy atom. The minimum Gasteiger partial charge on any atom is -0.493 e. The number of benzene rings is 3. The van der Waals surface area contributed by atoms with Crippen molar-refractivity contribution in [1.29, 1.82) is 0 Å². The Bertz CT molecular complexity index is 1180. The fraction of sp³-hybridized carbons (Fsp3) is 0.120. The van der Waals surface area contributed by atoms with Gasteiger partial charge in [0.1, 0.15) is 0 Å². The second-order valence-electron chi connectivity index (χ2n) is 7.17. The average molecular weight is 510 g/mol. The van der Waals surface area contributed by atoms with Crippen LogP contribution in [0.15, 0.2) is 71.2 Å². The summed E-state index contributed by atoms with van der Waals surface area (Å²) >= 11 is 3.35. The molecule has 0 bridgehead atoms. The van der Waals surface area contributed by atoms with Crippen LogP contribution in [0.2, 0.25) is 0 Å². The summed E-state index contributed by atoms with van der Waals surface area (Å²) in [6.07, 6.45) is 3.05. The topological polar surface area (TPSA) is 103 Å². The SMILES string of the molecule is COc1cc(/C=C/C(=O)Nc2ccc(C)cc2N)ccc1OCC(=O)Nc1ccc(Br)cc1. The van der Waals surface area contributed by atoms with Crippen LogP contribution in [0, 0.1) is 6.92 Å². The number of hydrogen-bond acceptors (Lipinski definition) is 5. The van der Waals surface area contributed by atoms with Gasteiger partial charge in [0, 0.05) is 16.2 Å². The molecule has 0 aliphatic carbocycles. The second kappa shape index (κ2) is 11.2. The molecule has 0 heterocycles. The van der Waals surface area contributed by atoms with Crippen LogP contribution in [0.3, 0.4) is 0 Å². The lowest BCUT2D eigenvalue weighted by Gasteiger charge is -2.11.